The Hall–Kier alpha value is -2.05. The fourth-order valence-corrected chi connectivity index (χ4v) is 4.93. The predicted octanol–water partition coefficient (Wildman–Crippen LogP) is 3.40. The third kappa shape index (κ3) is 4.81. The standard InChI is InChI=1S/C24H37N5O/c1-4-11-29-20(2)21(17-25-29)18-26-12-5-6-23(19-26)28-15-13-27(14-16-28)22-7-9-24(30-3)10-8-22/h7-10,17,23H,4-6,11-16,18-19H2,1-3H3. The smallest absolute Gasteiger partial charge is 0.119 e. The Morgan fingerprint density at radius 1 is 1.07 bits per heavy atom. The molecule has 3 heterocycles. The average Bonchev–Trinajstić information content (AvgIpc) is 3.13. The van der Waals surface area contributed by atoms with Crippen molar-refractivity contribution in [1.29, 1.82) is 0 Å². The van der Waals surface area contributed by atoms with E-state index in [2.05, 4.69) is 68.8 Å². The SMILES string of the molecule is CCCn1ncc(CN2CCCC(N3CCN(c4ccc(OC)cc4)CC3)C2)c1C. The summed E-state index contributed by atoms with van der Waals surface area (Å²) < 4.78 is 7.45. The third-order valence-electron chi connectivity index (χ3n) is 6.78. The molecule has 1 atom stereocenters. The minimum absolute atomic E-state index is 0.683. The van der Waals surface area contributed by atoms with Crippen molar-refractivity contribution in [2.45, 2.75) is 52.2 Å². The molecule has 0 saturated carbocycles. The van der Waals surface area contributed by atoms with Crippen LogP contribution in [-0.4, -0.2) is 72.0 Å². The Bertz CT molecular complexity index is 794. The van der Waals surface area contributed by atoms with Gasteiger partial charge in [-0.3, -0.25) is 14.5 Å². The second-order valence-electron chi connectivity index (χ2n) is 8.73. The first-order valence-electron chi connectivity index (χ1n) is 11.5. The Labute approximate surface area is 181 Å². The van der Waals surface area contributed by atoms with E-state index in [0.717, 1.165) is 51.4 Å². The van der Waals surface area contributed by atoms with Crippen molar-refractivity contribution < 1.29 is 4.74 Å². The number of ether oxygens (including phenoxy) is 1. The van der Waals surface area contributed by atoms with Crippen LogP contribution in [0.5, 0.6) is 5.75 Å². The molecule has 0 bridgehead atoms. The van der Waals surface area contributed by atoms with Crippen LogP contribution in [0.2, 0.25) is 0 Å². The normalized spacial score (nSPS) is 21.2. The molecule has 1 aromatic heterocycles. The van der Waals surface area contributed by atoms with E-state index in [4.69, 9.17) is 4.74 Å². The van der Waals surface area contributed by atoms with Gasteiger partial charge in [-0.1, -0.05) is 6.92 Å². The summed E-state index contributed by atoms with van der Waals surface area (Å²) in [4.78, 5) is 7.87. The largest absolute Gasteiger partial charge is 0.497 e. The highest BCUT2D eigenvalue weighted by Gasteiger charge is 2.28. The maximum atomic E-state index is 5.29. The monoisotopic (exact) mass is 411 g/mol. The number of hydrogen-bond donors (Lipinski definition) is 0. The first-order chi connectivity index (χ1) is 14.7. The highest BCUT2D eigenvalue weighted by Crippen LogP contribution is 2.24. The molecule has 0 radical (unpaired) electrons. The molecule has 4 rings (SSSR count). The fraction of sp³-hybridized carbons (Fsp3) is 0.625. The minimum atomic E-state index is 0.683. The molecule has 6 heteroatoms. The van der Waals surface area contributed by atoms with Gasteiger partial charge >= 0.3 is 0 Å². The Morgan fingerprint density at radius 2 is 1.83 bits per heavy atom. The zero-order chi connectivity index (χ0) is 20.9. The minimum Gasteiger partial charge on any atom is -0.497 e. The summed E-state index contributed by atoms with van der Waals surface area (Å²) >= 11 is 0. The number of nitrogens with zero attached hydrogens (tertiary/aromatic N) is 5. The molecule has 30 heavy (non-hydrogen) atoms. The van der Waals surface area contributed by atoms with Crippen LogP contribution in [0.1, 0.15) is 37.4 Å². The molecule has 2 aromatic rings. The van der Waals surface area contributed by atoms with E-state index < -0.39 is 0 Å². The Kier molecular flexibility index (Phi) is 6.95. The van der Waals surface area contributed by atoms with E-state index in [1.54, 1.807) is 7.11 Å². The van der Waals surface area contributed by atoms with E-state index >= 15 is 0 Å². The number of hydrogen-bond acceptors (Lipinski definition) is 5. The number of likely N-dealkylation sites (tertiary alicyclic amines) is 1. The predicted molar refractivity (Wildman–Crippen MR) is 122 cm³/mol. The lowest BCUT2D eigenvalue weighted by molar-refractivity contribution is 0.0886. The first-order valence-corrected chi connectivity index (χ1v) is 11.5. The number of piperazine rings is 1. The van der Waals surface area contributed by atoms with Crippen LogP contribution in [0.15, 0.2) is 30.5 Å². The van der Waals surface area contributed by atoms with Crippen LogP contribution >= 0.6 is 0 Å². The number of rotatable bonds is 7. The zero-order valence-electron chi connectivity index (χ0n) is 18.9. The molecule has 2 aliphatic rings. The van der Waals surface area contributed by atoms with Crippen LogP contribution in [0, 0.1) is 6.92 Å². The number of benzene rings is 1. The second-order valence-corrected chi connectivity index (χ2v) is 8.73. The summed E-state index contributed by atoms with van der Waals surface area (Å²) in [6.45, 7) is 13.4. The van der Waals surface area contributed by atoms with Gasteiger partial charge in [0.2, 0.25) is 0 Å². The average molecular weight is 412 g/mol. The first kappa shape index (κ1) is 21.2. The van der Waals surface area contributed by atoms with Crippen LogP contribution in [0.4, 0.5) is 5.69 Å². The van der Waals surface area contributed by atoms with Gasteiger partial charge in [0.1, 0.15) is 5.75 Å². The van der Waals surface area contributed by atoms with Gasteiger partial charge in [-0.2, -0.15) is 5.10 Å². The lowest BCUT2D eigenvalue weighted by Gasteiger charge is -2.44. The van der Waals surface area contributed by atoms with E-state index in [-0.39, 0.29) is 0 Å². The molecular formula is C24H37N5O. The fourth-order valence-electron chi connectivity index (χ4n) is 4.93. The van der Waals surface area contributed by atoms with Crippen LogP contribution in [-0.2, 0) is 13.1 Å². The lowest BCUT2D eigenvalue weighted by atomic mass is 10.0. The van der Waals surface area contributed by atoms with E-state index in [1.807, 2.05) is 0 Å². The summed E-state index contributed by atoms with van der Waals surface area (Å²) in [7, 11) is 1.72. The maximum absolute atomic E-state index is 5.29. The van der Waals surface area contributed by atoms with Gasteiger partial charge in [0, 0.05) is 68.8 Å². The lowest BCUT2D eigenvalue weighted by Crippen LogP contribution is -2.55. The van der Waals surface area contributed by atoms with Gasteiger partial charge in [0.05, 0.1) is 13.3 Å². The van der Waals surface area contributed by atoms with E-state index in [9.17, 15) is 0 Å². The summed E-state index contributed by atoms with van der Waals surface area (Å²) in [5.41, 5.74) is 4.04. The van der Waals surface area contributed by atoms with Crippen LogP contribution in [0.3, 0.4) is 0 Å². The van der Waals surface area contributed by atoms with E-state index in [1.165, 1.54) is 42.9 Å². The van der Waals surface area contributed by atoms with Crippen molar-refractivity contribution in [3.05, 3.63) is 41.7 Å². The summed E-state index contributed by atoms with van der Waals surface area (Å²) in [6, 6.07) is 9.16. The molecule has 1 aromatic carbocycles. The van der Waals surface area contributed by atoms with Crippen molar-refractivity contribution in [2.75, 3.05) is 51.3 Å². The van der Waals surface area contributed by atoms with Crippen molar-refractivity contribution in [3.63, 3.8) is 0 Å². The molecular weight excluding hydrogens is 374 g/mol. The molecule has 0 aliphatic carbocycles. The topological polar surface area (TPSA) is 36.8 Å². The van der Waals surface area contributed by atoms with Gasteiger partial charge in [0.15, 0.2) is 0 Å². The molecule has 2 fully saturated rings. The van der Waals surface area contributed by atoms with Crippen molar-refractivity contribution >= 4 is 5.69 Å². The van der Waals surface area contributed by atoms with Gasteiger partial charge < -0.3 is 9.64 Å². The molecule has 164 valence electrons. The quantitative estimate of drug-likeness (QED) is 0.698. The Balaban J connectivity index is 1.30. The number of piperidine rings is 1. The highest BCUT2D eigenvalue weighted by molar-refractivity contribution is 5.49. The molecule has 2 saturated heterocycles. The van der Waals surface area contributed by atoms with Crippen LogP contribution in [0.25, 0.3) is 0 Å². The number of aryl methyl sites for hydroxylation is 1. The van der Waals surface area contributed by atoms with Gasteiger partial charge in [-0.05, 0) is 57.0 Å². The van der Waals surface area contributed by atoms with Crippen LogP contribution < -0.4 is 9.64 Å². The van der Waals surface area contributed by atoms with Gasteiger partial charge in [-0.15, -0.1) is 0 Å². The van der Waals surface area contributed by atoms with Crippen molar-refractivity contribution in [3.8, 4) is 5.75 Å². The molecule has 0 N–H and O–H groups in total. The second kappa shape index (κ2) is 9.84. The van der Waals surface area contributed by atoms with Gasteiger partial charge in [-0.25, -0.2) is 0 Å². The molecule has 6 nitrogen and oxygen atoms in total. The summed E-state index contributed by atoms with van der Waals surface area (Å²) in [5, 5.41) is 4.59. The van der Waals surface area contributed by atoms with Crippen molar-refractivity contribution in [2.24, 2.45) is 0 Å². The number of anilines is 1. The van der Waals surface area contributed by atoms with Gasteiger partial charge in [0.25, 0.3) is 0 Å². The number of methoxy groups -OCH3 is 1. The van der Waals surface area contributed by atoms with Crippen molar-refractivity contribution in [1.82, 2.24) is 19.6 Å². The molecule has 0 spiro atoms. The number of aromatic nitrogens is 2. The molecule has 0 amide bonds. The zero-order valence-corrected chi connectivity index (χ0v) is 18.9. The summed E-state index contributed by atoms with van der Waals surface area (Å²) in [5.74, 6) is 0.926. The third-order valence-corrected chi connectivity index (χ3v) is 6.78. The van der Waals surface area contributed by atoms with E-state index in [0.29, 0.717) is 6.04 Å². The molecule has 1 unspecified atom stereocenters. The Morgan fingerprint density at radius 3 is 2.53 bits per heavy atom. The highest BCUT2D eigenvalue weighted by atomic mass is 16.5. The maximum Gasteiger partial charge on any atom is 0.119 e. The molecule has 2 aliphatic heterocycles. The summed E-state index contributed by atoms with van der Waals surface area (Å²) in [6.07, 6.45) is 5.84.